The first-order valence-corrected chi connectivity index (χ1v) is 19.5. The second-order valence-electron chi connectivity index (χ2n) is 15.4. The maximum Gasteiger partial charge on any atom is 0.0546 e. The fraction of sp³-hybridized carbons (Fsp3) is 0.0545. The van der Waals surface area contributed by atoms with E-state index in [-0.39, 0.29) is 5.41 Å². The SMILES string of the molecule is CC1(C)c2cc(N(c3ccc(-c4ccccc4)cc3)c3cc4ccccc4cc3-c3ccc(-c4ccccc4)cc3)ccc2-c2c(-c3ccccc3)cccc21. The van der Waals surface area contributed by atoms with Crippen molar-refractivity contribution in [3.63, 3.8) is 0 Å². The summed E-state index contributed by atoms with van der Waals surface area (Å²) in [7, 11) is 0. The van der Waals surface area contributed by atoms with Gasteiger partial charge in [0.25, 0.3) is 0 Å². The summed E-state index contributed by atoms with van der Waals surface area (Å²) < 4.78 is 0. The second kappa shape index (κ2) is 13.7. The molecule has 0 aromatic heterocycles. The standard InChI is InChI=1S/C55H41N/c1-55(2)51-24-14-23-48(42-19-10-5-11-20-42)54(51)49-34-33-47(37-52(49)55)56(46-31-29-41(30-32-46)39-17-8-4-9-18-39)53-36-45-22-13-12-21-44(45)35-50(53)43-27-25-40(26-28-43)38-15-6-3-7-16-38/h3-37H,1-2H3. The van der Waals surface area contributed by atoms with Crippen molar-refractivity contribution in [3.8, 4) is 55.6 Å². The van der Waals surface area contributed by atoms with Crippen molar-refractivity contribution in [2.45, 2.75) is 19.3 Å². The number of benzene rings is 9. The number of nitrogens with zero attached hydrogens (tertiary/aromatic N) is 1. The molecule has 0 unspecified atom stereocenters. The van der Waals surface area contributed by atoms with Crippen molar-refractivity contribution in [2.24, 2.45) is 0 Å². The van der Waals surface area contributed by atoms with Gasteiger partial charge in [-0.1, -0.05) is 190 Å². The Labute approximate surface area is 329 Å². The molecule has 0 atom stereocenters. The van der Waals surface area contributed by atoms with Crippen LogP contribution < -0.4 is 4.90 Å². The topological polar surface area (TPSA) is 3.24 Å². The van der Waals surface area contributed by atoms with Crippen molar-refractivity contribution < 1.29 is 0 Å². The summed E-state index contributed by atoms with van der Waals surface area (Å²) in [5.41, 5.74) is 18.3. The zero-order valence-electron chi connectivity index (χ0n) is 31.7. The summed E-state index contributed by atoms with van der Waals surface area (Å²) >= 11 is 0. The van der Waals surface area contributed by atoms with Crippen LogP contribution in [0.25, 0.3) is 66.4 Å². The number of hydrogen-bond donors (Lipinski definition) is 0. The summed E-state index contributed by atoms with van der Waals surface area (Å²) in [6.07, 6.45) is 0. The fourth-order valence-electron chi connectivity index (χ4n) is 8.75. The Bertz CT molecular complexity index is 2840. The Hall–Kier alpha value is -6.96. The average molecular weight is 716 g/mol. The Balaban J connectivity index is 1.18. The van der Waals surface area contributed by atoms with Gasteiger partial charge in [-0.05, 0) is 108 Å². The largest absolute Gasteiger partial charge is 0.310 e. The van der Waals surface area contributed by atoms with Crippen LogP contribution in [0.3, 0.4) is 0 Å². The first kappa shape index (κ1) is 33.6. The molecular weight excluding hydrogens is 675 g/mol. The van der Waals surface area contributed by atoms with E-state index in [1.54, 1.807) is 0 Å². The molecule has 0 saturated heterocycles. The lowest BCUT2D eigenvalue weighted by Crippen LogP contribution is -2.17. The normalized spacial score (nSPS) is 12.6. The third-order valence-electron chi connectivity index (χ3n) is 11.7. The summed E-state index contributed by atoms with van der Waals surface area (Å²) in [5.74, 6) is 0. The summed E-state index contributed by atoms with van der Waals surface area (Å²) in [5, 5.41) is 2.43. The average Bonchev–Trinajstić information content (AvgIpc) is 3.50. The third-order valence-corrected chi connectivity index (χ3v) is 11.7. The Morgan fingerprint density at radius 2 is 0.804 bits per heavy atom. The Morgan fingerprint density at radius 1 is 0.321 bits per heavy atom. The maximum atomic E-state index is 2.47. The van der Waals surface area contributed by atoms with Crippen LogP contribution in [0.5, 0.6) is 0 Å². The number of fused-ring (bicyclic) bond motifs is 4. The van der Waals surface area contributed by atoms with E-state index in [0.717, 1.165) is 17.1 Å². The quantitative estimate of drug-likeness (QED) is 0.159. The monoisotopic (exact) mass is 715 g/mol. The molecule has 1 aliphatic carbocycles. The predicted octanol–water partition coefficient (Wildman–Crippen LogP) is 15.3. The molecule has 0 spiro atoms. The molecule has 0 bridgehead atoms. The van der Waals surface area contributed by atoms with Crippen LogP contribution in [0.4, 0.5) is 17.1 Å². The van der Waals surface area contributed by atoms with Gasteiger partial charge in [0.15, 0.2) is 0 Å². The lowest BCUT2D eigenvalue weighted by Gasteiger charge is -2.30. The number of anilines is 3. The van der Waals surface area contributed by atoms with Crippen molar-refractivity contribution in [1.82, 2.24) is 0 Å². The molecule has 0 aliphatic heterocycles. The van der Waals surface area contributed by atoms with Gasteiger partial charge in [-0.2, -0.15) is 0 Å². The van der Waals surface area contributed by atoms with Crippen LogP contribution >= 0.6 is 0 Å². The minimum absolute atomic E-state index is 0.187. The van der Waals surface area contributed by atoms with Crippen molar-refractivity contribution in [3.05, 3.63) is 223 Å². The van der Waals surface area contributed by atoms with Gasteiger partial charge in [-0.15, -0.1) is 0 Å². The van der Waals surface area contributed by atoms with E-state index in [1.165, 1.54) is 77.5 Å². The molecule has 1 nitrogen and oxygen atoms in total. The van der Waals surface area contributed by atoms with Crippen LogP contribution in [0.15, 0.2) is 212 Å². The maximum absolute atomic E-state index is 2.47. The zero-order valence-corrected chi connectivity index (χ0v) is 31.7. The molecule has 0 heterocycles. The highest BCUT2D eigenvalue weighted by Gasteiger charge is 2.37. The van der Waals surface area contributed by atoms with E-state index in [2.05, 4.69) is 231 Å². The molecule has 0 saturated carbocycles. The smallest absolute Gasteiger partial charge is 0.0546 e. The first-order valence-electron chi connectivity index (χ1n) is 19.5. The molecule has 56 heavy (non-hydrogen) atoms. The lowest BCUT2D eigenvalue weighted by atomic mass is 9.81. The highest BCUT2D eigenvalue weighted by Crippen LogP contribution is 2.54. The summed E-state index contributed by atoms with van der Waals surface area (Å²) in [6, 6.07) is 77.6. The van der Waals surface area contributed by atoms with Crippen LogP contribution in [-0.4, -0.2) is 0 Å². The van der Waals surface area contributed by atoms with Crippen LogP contribution in [0, 0.1) is 0 Å². The van der Waals surface area contributed by atoms with E-state index < -0.39 is 0 Å². The number of hydrogen-bond acceptors (Lipinski definition) is 1. The van der Waals surface area contributed by atoms with E-state index in [1.807, 2.05) is 0 Å². The lowest BCUT2D eigenvalue weighted by molar-refractivity contribution is 0.660. The molecule has 0 amide bonds. The van der Waals surface area contributed by atoms with E-state index in [0.29, 0.717) is 0 Å². The van der Waals surface area contributed by atoms with Gasteiger partial charge in [0.1, 0.15) is 0 Å². The molecule has 266 valence electrons. The Kier molecular flexibility index (Phi) is 8.23. The van der Waals surface area contributed by atoms with Crippen molar-refractivity contribution in [2.75, 3.05) is 4.90 Å². The molecule has 0 fully saturated rings. The van der Waals surface area contributed by atoms with Gasteiger partial charge < -0.3 is 4.90 Å². The minimum Gasteiger partial charge on any atom is -0.310 e. The molecule has 1 heteroatoms. The van der Waals surface area contributed by atoms with Gasteiger partial charge in [0, 0.05) is 22.4 Å². The summed E-state index contributed by atoms with van der Waals surface area (Å²) in [6.45, 7) is 4.76. The van der Waals surface area contributed by atoms with Gasteiger partial charge in [-0.3, -0.25) is 0 Å². The van der Waals surface area contributed by atoms with E-state index in [4.69, 9.17) is 0 Å². The third kappa shape index (κ3) is 5.81. The van der Waals surface area contributed by atoms with Crippen molar-refractivity contribution in [1.29, 1.82) is 0 Å². The minimum atomic E-state index is -0.187. The zero-order chi connectivity index (χ0) is 37.6. The molecule has 0 N–H and O–H groups in total. The van der Waals surface area contributed by atoms with Crippen LogP contribution in [0.2, 0.25) is 0 Å². The van der Waals surface area contributed by atoms with Gasteiger partial charge in [0.2, 0.25) is 0 Å². The molecule has 10 rings (SSSR count). The van der Waals surface area contributed by atoms with Gasteiger partial charge in [0.05, 0.1) is 5.69 Å². The molecule has 9 aromatic rings. The summed E-state index contributed by atoms with van der Waals surface area (Å²) in [4.78, 5) is 2.47. The highest BCUT2D eigenvalue weighted by atomic mass is 15.1. The number of rotatable bonds is 7. The van der Waals surface area contributed by atoms with Crippen molar-refractivity contribution >= 4 is 27.8 Å². The van der Waals surface area contributed by atoms with Gasteiger partial charge in [-0.25, -0.2) is 0 Å². The first-order chi connectivity index (χ1) is 27.5. The molecule has 1 aliphatic rings. The Morgan fingerprint density at radius 3 is 1.43 bits per heavy atom. The molecule has 9 aromatic carbocycles. The van der Waals surface area contributed by atoms with Crippen LogP contribution in [0.1, 0.15) is 25.0 Å². The van der Waals surface area contributed by atoms with Crippen LogP contribution in [-0.2, 0) is 5.41 Å². The van der Waals surface area contributed by atoms with E-state index in [9.17, 15) is 0 Å². The second-order valence-corrected chi connectivity index (χ2v) is 15.4. The molecule has 0 radical (unpaired) electrons. The molecular formula is C55H41N. The van der Waals surface area contributed by atoms with E-state index >= 15 is 0 Å². The fourth-order valence-corrected chi connectivity index (χ4v) is 8.75. The highest BCUT2D eigenvalue weighted by molar-refractivity contribution is 6.00. The van der Waals surface area contributed by atoms with Gasteiger partial charge >= 0.3 is 0 Å². The predicted molar refractivity (Wildman–Crippen MR) is 238 cm³/mol.